The molecule has 2 nitrogen and oxygen atoms in total. The Hall–Kier alpha value is -7.16. The minimum absolute atomic E-state index is 0.106. The highest BCUT2D eigenvalue weighted by Gasteiger charge is 2.38. The Bertz CT molecular complexity index is 3380. The van der Waals surface area contributed by atoms with Crippen LogP contribution >= 0.6 is 0 Å². The van der Waals surface area contributed by atoms with E-state index in [1.54, 1.807) is 0 Å². The molecule has 12 rings (SSSR count). The number of para-hydroxylation sites is 2. The van der Waals surface area contributed by atoms with Crippen LogP contribution in [-0.2, 0) is 10.8 Å². The molecule has 0 radical (unpaired) electrons. The van der Waals surface area contributed by atoms with Crippen molar-refractivity contribution in [2.45, 2.75) is 38.5 Å². The van der Waals surface area contributed by atoms with E-state index >= 15 is 0 Å². The molecule has 2 aliphatic rings. The Morgan fingerprint density at radius 2 is 0.950 bits per heavy atom. The van der Waals surface area contributed by atoms with Crippen LogP contribution in [0.1, 0.15) is 49.9 Å². The normalized spacial score (nSPS) is 14.3. The van der Waals surface area contributed by atoms with Gasteiger partial charge in [-0.3, -0.25) is 0 Å². The summed E-state index contributed by atoms with van der Waals surface area (Å²) in [6, 6.07) is 69.3. The molecule has 0 saturated heterocycles. The molecule has 0 unspecified atom stereocenters. The minimum atomic E-state index is -0.140. The summed E-state index contributed by atoms with van der Waals surface area (Å²) in [4.78, 5) is 2.45. The number of fused-ring (bicyclic) bond motifs is 10. The van der Waals surface area contributed by atoms with Gasteiger partial charge in [-0.25, -0.2) is 0 Å². The molecule has 0 bridgehead atoms. The number of nitrogens with zero attached hydrogens (tertiary/aromatic N) is 1. The van der Waals surface area contributed by atoms with Gasteiger partial charge in [0.2, 0.25) is 0 Å². The van der Waals surface area contributed by atoms with Crippen molar-refractivity contribution in [3.05, 3.63) is 210 Å². The molecular formula is C58H43NO. The molecule has 0 spiro atoms. The van der Waals surface area contributed by atoms with Crippen LogP contribution in [0, 0.1) is 0 Å². The van der Waals surface area contributed by atoms with E-state index in [2.05, 4.69) is 221 Å². The van der Waals surface area contributed by atoms with E-state index in [1.165, 1.54) is 66.4 Å². The average molecular weight is 770 g/mol. The maximum absolute atomic E-state index is 6.84. The highest BCUT2D eigenvalue weighted by molar-refractivity contribution is 6.14. The summed E-state index contributed by atoms with van der Waals surface area (Å²) in [6.07, 6.45) is 0. The lowest BCUT2D eigenvalue weighted by Gasteiger charge is -2.30. The Kier molecular flexibility index (Phi) is 7.36. The van der Waals surface area contributed by atoms with Crippen LogP contribution < -0.4 is 4.90 Å². The molecule has 286 valence electrons. The first-order valence-electron chi connectivity index (χ1n) is 21.1. The predicted molar refractivity (Wildman–Crippen MR) is 252 cm³/mol. The minimum Gasteiger partial charge on any atom is -0.455 e. The van der Waals surface area contributed by atoms with Crippen molar-refractivity contribution in [1.82, 2.24) is 0 Å². The molecule has 0 saturated carbocycles. The summed E-state index contributed by atoms with van der Waals surface area (Å²) in [6.45, 7) is 9.45. The van der Waals surface area contributed by atoms with Crippen molar-refractivity contribution >= 4 is 49.8 Å². The fourth-order valence-corrected chi connectivity index (χ4v) is 10.7. The van der Waals surface area contributed by atoms with Gasteiger partial charge in [-0.05, 0) is 109 Å². The molecule has 0 atom stereocenters. The van der Waals surface area contributed by atoms with Crippen LogP contribution in [0.2, 0.25) is 0 Å². The highest BCUT2D eigenvalue weighted by Crippen LogP contribution is 2.54. The largest absolute Gasteiger partial charge is 0.455 e. The summed E-state index contributed by atoms with van der Waals surface area (Å²) in [7, 11) is 0. The lowest BCUT2D eigenvalue weighted by atomic mass is 9.79. The van der Waals surface area contributed by atoms with E-state index in [9.17, 15) is 0 Å². The van der Waals surface area contributed by atoms with Gasteiger partial charge in [-0.15, -0.1) is 0 Å². The molecule has 0 aliphatic heterocycles. The second-order valence-electron chi connectivity index (χ2n) is 17.7. The van der Waals surface area contributed by atoms with Crippen LogP contribution in [-0.4, -0.2) is 0 Å². The summed E-state index contributed by atoms with van der Waals surface area (Å²) < 4.78 is 6.84. The second-order valence-corrected chi connectivity index (χ2v) is 17.7. The second kappa shape index (κ2) is 12.7. The Balaban J connectivity index is 1.05. The molecule has 2 aliphatic carbocycles. The van der Waals surface area contributed by atoms with Gasteiger partial charge >= 0.3 is 0 Å². The third kappa shape index (κ3) is 4.94. The Morgan fingerprint density at radius 3 is 1.73 bits per heavy atom. The monoisotopic (exact) mass is 769 g/mol. The van der Waals surface area contributed by atoms with E-state index in [1.807, 2.05) is 0 Å². The molecule has 0 N–H and O–H groups in total. The van der Waals surface area contributed by atoms with Crippen LogP contribution in [0.4, 0.5) is 17.1 Å². The Morgan fingerprint density at radius 1 is 0.383 bits per heavy atom. The summed E-state index contributed by atoms with van der Waals surface area (Å²) >= 11 is 0. The standard InChI is InChI=1S/C58H43NO/c1-57(2)50-24-10-7-17-42(50)44-32-31-40(35-52(44)57)59(39-29-27-36(28-30-39)41-20-13-21-46-43-18-8-11-25-51(43)58(3,4)55(41)46)53-26-12-9-19-45(53)47-22-14-23-48-49-33-37-15-5-6-16-38(37)34-54(49)60-56(47)48/h5-35H,1-4H3. The number of hydrogen-bond donors (Lipinski definition) is 0. The first-order chi connectivity index (χ1) is 29.3. The van der Waals surface area contributed by atoms with E-state index in [-0.39, 0.29) is 10.8 Å². The molecule has 9 aromatic carbocycles. The average Bonchev–Trinajstić information content (AvgIpc) is 3.85. The van der Waals surface area contributed by atoms with Crippen molar-refractivity contribution < 1.29 is 4.42 Å². The van der Waals surface area contributed by atoms with Gasteiger partial charge in [0.05, 0.1) is 5.69 Å². The van der Waals surface area contributed by atoms with Gasteiger partial charge < -0.3 is 9.32 Å². The summed E-state index contributed by atoms with van der Waals surface area (Å²) in [5, 5.41) is 4.64. The van der Waals surface area contributed by atoms with Gasteiger partial charge in [0.15, 0.2) is 0 Å². The zero-order valence-electron chi connectivity index (χ0n) is 34.3. The fraction of sp³-hybridized carbons (Fsp3) is 0.103. The van der Waals surface area contributed by atoms with Crippen molar-refractivity contribution in [2.75, 3.05) is 4.90 Å². The smallest absolute Gasteiger partial charge is 0.143 e. The molecule has 0 amide bonds. The van der Waals surface area contributed by atoms with Crippen LogP contribution in [0.5, 0.6) is 0 Å². The molecule has 2 heteroatoms. The third-order valence-electron chi connectivity index (χ3n) is 13.6. The first kappa shape index (κ1) is 34.8. The topological polar surface area (TPSA) is 16.4 Å². The maximum Gasteiger partial charge on any atom is 0.143 e. The lowest BCUT2D eigenvalue weighted by Crippen LogP contribution is -2.17. The van der Waals surface area contributed by atoms with Gasteiger partial charge in [0, 0.05) is 44.1 Å². The SMILES string of the molecule is CC1(C)c2ccccc2-c2ccc(N(c3ccc(-c4cccc5c4C(C)(C)c4ccccc4-5)cc3)c3ccccc3-c3cccc4c3oc3cc5ccccc5cc34)cc21. The zero-order chi connectivity index (χ0) is 40.3. The van der Waals surface area contributed by atoms with E-state index in [0.717, 1.165) is 50.1 Å². The van der Waals surface area contributed by atoms with Crippen molar-refractivity contribution in [1.29, 1.82) is 0 Å². The van der Waals surface area contributed by atoms with Crippen LogP contribution in [0.3, 0.4) is 0 Å². The van der Waals surface area contributed by atoms with Crippen molar-refractivity contribution in [2.24, 2.45) is 0 Å². The summed E-state index contributed by atoms with van der Waals surface area (Å²) in [5.74, 6) is 0. The van der Waals surface area contributed by atoms with Gasteiger partial charge in [-0.2, -0.15) is 0 Å². The van der Waals surface area contributed by atoms with Gasteiger partial charge in [0.25, 0.3) is 0 Å². The quantitative estimate of drug-likeness (QED) is 0.173. The van der Waals surface area contributed by atoms with E-state index in [4.69, 9.17) is 4.42 Å². The van der Waals surface area contributed by atoms with Gasteiger partial charge in [0.1, 0.15) is 11.2 Å². The molecule has 1 aromatic heterocycles. The van der Waals surface area contributed by atoms with E-state index < -0.39 is 0 Å². The molecular weight excluding hydrogens is 727 g/mol. The predicted octanol–water partition coefficient (Wildman–Crippen LogP) is 16.2. The maximum atomic E-state index is 6.84. The highest BCUT2D eigenvalue weighted by atomic mass is 16.3. The number of anilines is 3. The van der Waals surface area contributed by atoms with Crippen molar-refractivity contribution in [3.8, 4) is 44.5 Å². The number of benzene rings is 9. The first-order valence-corrected chi connectivity index (χ1v) is 21.1. The lowest BCUT2D eigenvalue weighted by molar-refractivity contribution is 0.660. The third-order valence-corrected chi connectivity index (χ3v) is 13.6. The number of hydrogen-bond acceptors (Lipinski definition) is 2. The zero-order valence-corrected chi connectivity index (χ0v) is 34.3. The summed E-state index contributed by atoms with van der Waals surface area (Å²) in [5.41, 5.74) is 20.4. The number of furan rings is 1. The fourth-order valence-electron chi connectivity index (χ4n) is 10.7. The molecule has 60 heavy (non-hydrogen) atoms. The molecule has 1 heterocycles. The van der Waals surface area contributed by atoms with E-state index in [0.29, 0.717) is 0 Å². The number of rotatable bonds is 5. The molecule has 0 fully saturated rings. The van der Waals surface area contributed by atoms with Gasteiger partial charge in [-0.1, -0.05) is 173 Å². The molecule has 10 aromatic rings. The van der Waals surface area contributed by atoms with Crippen molar-refractivity contribution in [3.63, 3.8) is 0 Å². The van der Waals surface area contributed by atoms with Crippen LogP contribution in [0.25, 0.3) is 77.2 Å². The Labute approximate surface area is 351 Å². The van der Waals surface area contributed by atoms with Crippen LogP contribution in [0.15, 0.2) is 192 Å².